The van der Waals surface area contributed by atoms with Crippen LogP contribution in [0.15, 0.2) is 12.3 Å². The first-order valence-corrected chi connectivity index (χ1v) is 3.38. The van der Waals surface area contributed by atoms with Gasteiger partial charge in [0.2, 0.25) is 0 Å². The molecule has 13 heavy (non-hydrogen) atoms. The molecule has 0 saturated carbocycles. The van der Waals surface area contributed by atoms with Gasteiger partial charge in [-0.15, -0.1) is 0 Å². The summed E-state index contributed by atoms with van der Waals surface area (Å²) in [5.41, 5.74) is 3.84. The molecule has 6 heteroatoms. The van der Waals surface area contributed by atoms with Crippen LogP contribution in [0.1, 0.15) is 11.1 Å². The summed E-state index contributed by atoms with van der Waals surface area (Å²) >= 11 is 0. The average Bonchev–Trinajstić information content (AvgIpc) is 2.02. The number of aromatic nitrogens is 1. The first-order chi connectivity index (χ1) is 5.96. The maximum absolute atomic E-state index is 12.2. The zero-order chi connectivity index (χ0) is 10.1. The normalized spacial score (nSPS) is 11.7. The molecule has 0 amide bonds. The molecule has 0 atom stereocenters. The second kappa shape index (κ2) is 3.21. The topological polar surface area (TPSA) is 59.1 Å². The minimum atomic E-state index is -4.50. The number of halogens is 3. The predicted octanol–water partition coefficient (Wildman–Crippen LogP) is 1.17. The molecule has 0 fully saturated rings. The van der Waals surface area contributed by atoms with Gasteiger partial charge in [0.05, 0.1) is 12.2 Å². The van der Waals surface area contributed by atoms with Gasteiger partial charge >= 0.3 is 6.18 Å². The number of hydrogen-bond donors (Lipinski definition) is 2. The van der Waals surface area contributed by atoms with Gasteiger partial charge in [-0.1, -0.05) is 0 Å². The number of nitrogen functional groups attached to an aromatic ring is 1. The van der Waals surface area contributed by atoms with Crippen molar-refractivity contribution >= 4 is 5.82 Å². The minimum absolute atomic E-state index is 0.294. The summed E-state index contributed by atoms with van der Waals surface area (Å²) in [6.07, 6.45) is -3.55. The highest BCUT2D eigenvalue weighted by Crippen LogP contribution is 2.33. The van der Waals surface area contributed by atoms with Crippen molar-refractivity contribution in [2.24, 2.45) is 0 Å². The zero-order valence-corrected chi connectivity index (χ0v) is 6.47. The number of anilines is 1. The van der Waals surface area contributed by atoms with Crippen molar-refractivity contribution in [2.45, 2.75) is 12.8 Å². The second-order valence-corrected chi connectivity index (χ2v) is 2.38. The summed E-state index contributed by atoms with van der Waals surface area (Å²) in [7, 11) is 0. The molecule has 0 aliphatic heterocycles. The second-order valence-electron chi connectivity index (χ2n) is 2.38. The molecule has 1 heterocycles. The van der Waals surface area contributed by atoms with Gasteiger partial charge in [0, 0.05) is 11.8 Å². The van der Waals surface area contributed by atoms with E-state index in [0.717, 1.165) is 12.3 Å². The summed E-state index contributed by atoms with van der Waals surface area (Å²) in [5.74, 6) is -0.294. The fraction of sp³-hybridized carbons (Fsp3) is 0.286. The van der Waals surface area contributed by atoms with Gasteiger partial charge in [-0.05, 0) is 6.07 Å². The Morgan fingerprint density at radius 1 is 1.46 bits per heavy atom. The Morgan fingerprint density at radius 2 is 2.08 bits per heavy atom. The van der Waals surface area contributed by atoms with E-state index in [4.69, 9.17) is 10.8 Å². The molecule has 3 N–H and O–H groups in total. The minimum Gasteiger partial charge on any atom is -0.392 e. The van der Waals surface area contributed by atoms with Crippen LogP contribution in [-0.2, 0) is 12.8 Å². The van der Waals surface area contributed by atoms with E-state index in [-0.39, 0.29) is 11.4 Å². The lowest BCUT2D eigenvalue weighted by molar-refractivity contribution is -0.138. The Hall–Kier alpha value is -1.30. The number of alkyl halides is 3. The number of pyridine rings is 1. The van der Waals surface area contributed by atoms with Crippen molar-refractivity contribution in [3.8, 4) is 0 Å². The fourth-order valence-electron chi connectivity index (χ4n) is 0.940. The van der Waals surface area contributed by atoms with Crippen LogP contribution in [-0.4, -0.2) is 10.1 Å². The molecule has 72 valence electrons. The molecule has 0 saturated heterocycles. The Balaban J connectivity index is 3.29. The predicted molar refractivity (Wildman–Crippen MR) is 39.6 cm³/mol. The molecule has 0 unspecified atom stereocenters. The highest BCUT2D eigenvalue weighted by atomic mass is 19.4. The van der Waals surface area contributed by atoms with Crippen molar-refractivity contribution < 1.29 is 18.3 Å². The third kappa shape index (κ3) is 1.89. The van der Waals surface area contributed by atoms with Gasteiger partial charge in [-0.25, -0.2) is 4.98 Å². The van der Waals surface area contributed by atoms with Crippen LogP contribution in [0, 0.1) is 0 Å². The van der Waals surface area contributed by atoms with Crippen molar-refractivity contribution in [3.05, 3.63) is 23.4 Å². The third-order valence-electron chi connectivity index (χ3n) is 1.55. The van der Waals surface area contributed by atoms with E-state index in [1.54, 1.807) is 0 Å². The van der Waals surface area contributed by atoms with Crippen molar-refractivity contribution in [3.63, 3.8) is 0 Å². The van der Waals surface area contributed by atoms with E-state index in [1.165, 1.54) is 0 Å². The molecular weight excluding hydrogens is 185 g/mol. The van der Waals surface area contributed by atoms with E-state index in [9.17, 15) is 13.2 Å². The van der Waals surface area contributed by atoms with E-state index in [1.807, 2.05) is 0 Å². The molecule has 0 bridgehead atoms. The standard InChI is InChI=1S/C7H7F3N2O/c8-7(9,10)5-1-2-12-6(11)4(5)3-13/h1-2,13H,3H2,(H2,11,12). The molecule has 1 aromatic rings. The number of nitrogens with two attached hydrogens (primary N) is 1. The quantitative estimate of drug-likeness (QED) is 0.702. The van der Waals surface area contributed by atoms with E-state index in [2.05, 4.69) is 4.98 Å². The first-order valence-electron chi connectivity index (χ1n) is 3.38. The van der Waals surface area contributed by atoms with E-state index < -0.39 is 18.3 Å². The van der Waals surface area contributed by atoms with Gasteiger partial charge in [0.15, 0.2) is 0 Å². The molecule has 0 aromatic carbocycles. The summed E-state index contributed by atoms with van der Waals surface area (Å²) in [6.45, 7) is -0.769. The molecule has 0 aliphatic carbocycles. The zero-order valence-electron chi connectivity index (χ0n) is 6.47. The summed E-state index contributed by atoms with van der Waals surface area (Å²) < 4.78 is 36.7. The number of nitrogens with zero attached hydrogens (tertiary/aromatic N) is 1. The van der Waals surface area contributed by atoms with Gasteiger partial charge in [0.25, 0.3) is 0 Å². The molecule has 1 aromatic heterocycles. The maximum Gasteiger partial charge on any atom is 0.416 e. The highest BCUT2D eigenvalue weighted by molar-refractivity contribution is 5.44. The van der Waals surface area contributed by atoms with Crippen LogP contribution in [0.25, 0.3) is 0 Å². The lowest BCUT2D eigenvalue weighted by atomic mass is 10.1. The van der Waals surface area contributed by atoms with Crippen molar-refractivity contribution in [1.82, 2.24) is 4.98 Å². The van der Waals surface area contributed by atoms with E-state index in [0.29, 0.717) is 0 Å². The largest absolute Gasteiger partial charge is 0.416 e. The maximum atomic E-state index is 12.2. The van der Waals surface area contributed by atoms with Gasteiger partial charge < -0.3 is 10.8 Å². The van der Waals surface area contributed by atoms with Gasteiger partial charge in [0.1, 0.15) is 5.82 Å². The number of hydrogen-bond acceptors (Lipinski definition) is 3. The average molecular weight is 192 g/mol. The highest BCUT2D eigenvalue weighted by Gasteiger charge is 2.33. The van der Waals surface area contributed by atoms with Crippen molar-refractivity contribution in [1.29, 1.82) is 0 Å². The SMILES string of the molecule is Nc1nccc(C(F)(F)F)c1CO. The van der Waals surface area contributed by atoms with Crippen LogP contribution in [0.4, 0.5) is 19.0 Å². The van der Waals surface area contributed by atoms with Crippen molar-refractivity contribution in [2.75, 3.05) is 5.73 Å². The Morgan fingerprint density at radius 3 is 2.46 bits per heavy atom. The van der Waals surface area contributed by atoms with Crippen LogP contribution >= 0.6 is 0 Å². The van der Waals surface area contributed by atoms with E-state index >= 15 is 0 Å². The molecule has 0 aliphatic rings. The molecule has 0 radical (unpaired) electrons. The third-order valence-corrected chi connectivity index (χ3v) is 1.55. The molecular formula is C7H7F3N2O. The Labute approximate surface area is 72.0 Å². The Kier molecular flexibility index (Phi) is 2.42. The van der Waals surface area contributed by atoms with Crippen LogP contribution in [0.5, 0.6) is 0 Å². The monoisotopic (exact) mass is 192 g/mol. The number of rotatable bonds is 1. The summed E-state index contributed by atoms with van der Waals surface area (Å²) in [6, 6.07) is 0.780. The smallest absolute Gasteiger partial charge is 0.392 e. The molecule has 3 nitrogen and oxygen atoms in total. The Bertz CT molecular complexity index is 311. The van der Waals surface area contributed by atoms with Crippen LogP contribution in [0.2, 0.25) is 0 Å². The molecule has 1 rings (SSSR count). The lowest BCUT2D eigenvalue weighted by Crippen LogP contribution is -2.12. The molecule has 0 spiro atoms. The summed E-state index contributed by atoms with van der Waals surface area (Å²) in [4.78, 5) is 3.44. The number of aliphatic hydroxyl groups excluding tert-OH is 1. The van der Waals surface area contributed by atoms with Crippen LogP contribution in [0.3, 0.4) is 0 Å². The van der Waals surface area contributed by atoms with Crippen LogP contribution < -0.4 is 5.73 Å². The first kappa shape index (κ1) is 9.79. The lowest BCUT2D eigenvalue weighted by Gasteiger charge is -2.11. The van der Waals surface area contributed by atoms with Gasteiger partial charge in [-0.3, -0.25) is 0 Å². The fourth-order valence-corrected chi connectivity index (χ4v) is 0.940. The van der Waals surface area contributed by atoms with Gasteiger partial charge in [-0.2, -0.15) is 13.2 Å². The number of aliphatic hydroxyl groups is 1. The summed E-state index contributed by atoms with van der Waals surface area (Å²) in [5, 5.41) is 8.64.